The molecule has 1 fully saturated rings. The molecule has 0 saturated carbocycles. The number of amides is 1. The van der Waals surface area contributed by atoms with Crippen LogP contribution in [-0.2, 0) is 4.79 Å². The lowest BCUT2D eigenvalue weighted by Gasteiger charge is -2.33. The molecule has 0 aliphatic carbocycles. The molecule has 1 saturated heterocycles. The summed E-state index contributed by atoms with van der Waals surface area (Å²) in [6.45, 7) is 8.32. The van der Waals surface area contributed by atoms with Gasteiger partial charge in [-0.2, -0.15) is 0 Å². The van der Waals surface area contributed by atoms with E-state index in [0.717, 1.165) is 0 Å². The van der Waals surface area contributed by atoms with Gasteiger partial charge in [-0.25, -0.2) is 0 Å². The maximum Gasteiger partial charge on any atom is 0.227 e. The second-order valence-corrected chi connectivity index (χ2v) is 3.89. The number of allylic oxidation sites excluding steroid dienone is 1. The molecule has 0 aromatic rings. The Morgan fingerprint density at radius 3 is 2.83 bits per heavy atom. The number of carbonyl (C=O) groups is 1. The van der Waals surface area contributed by atoms with Crippen LogP contribution in [0, 0.1) is 11.3 Å². The largest absolute Gasteiger partial charge is 0.330 e. The molecule has 0 aromatic carbocycles. The maximum absolute atomic E-state index is 11.9. The lowest BCUT2D eigenvalue weighted by molar-refractivity contribution is -0.129. The van der Waals surface area contributed by atoms with Gasteiger partial charge in [0, 0.05) is 17.1 Å². The number of carbonyl (C=O) groups excluding carboxylic acids is 1. The minimum Gasteiger partial charge on any atom is -0.330 e. The summed E-state index contributed by atoms with van der Waals surface area (Å²) in [6, 6.07) is 0. The van der Waals surface area contributed by atoms with Crippen molar-refractivity contribution in [3.8, 4) is 0 Å². The molecule has 68 valence electrons. The minimum atomic E-state index is -2.26. The number of piperidine rings is 1. The van der Waals surface area contributed by atoms with Crippen LogP contribution < -0.4 is 5.32 Å². The summed E-state index contributed by atoms with van der Waals surface area (Å²) in [4.78, 5) is 11.9. The molecule has 1 heterocycles. The Balaban J connectivity index is 3.37. The number of rotatable bonds is 0. The summed E-state index contributed by atoms with van der Waals surface area (Å²) in [6.07, 6.45) is -3.58. The fourth-order valence-corrected chi connectivity index (χ4v) is 1.03. The molecule has 2 unspecified atom stereocenters. The zero-order chi connectivity index (χ0) is 12.9. The SMILES string of the molecule is [2H]C1C(=C)NC(=O)C([2H])(C(C)(C)C)C1([2H])[2H]. The van der Waals surface area contributed by atoms with E-state index < -0.39 is 30.0 Å². The van der Waals surface area contributed by atoms with Crippen molar-refractivity contribution in [3.05, 3.63) is 12.3 Å². The van der Waals surface area contributed by atoms with Crippen molar-refractivity contribution in [3.63, 3.8) is 0 Å². The average Bonchev–Trinajstić information content (AvgIpc) is 2.10. The summed E-state index contributed by atoms with van der Waals surface area (Å²) >= 11 is 0. The highest BCUT2D eigenvalue weighted by molar-refractivity contribution is 5.82. The third-order valence-electron chi connectivity index (χ3n) is 1.64. The smallest absolute Gasteiger partial charge is 0.227 e. The summed E-state index contributed by atoms with van der Waals surface area (Å²) in [5.74, 6) is -2.72. The summed E-state index contributed by atoms with van der Waals surface area (Å²) in [5.41, 5.74) is -0.886. The molecule has 0 aromatic heterocycles. The number of hydrogen-bond acceptors (Lipinski definition) is 1. The highest BCUT2D eigenvalue weighted by atomic mass is 16.2. The molecule has 1 amide bonds. The lowest BCUT2D eigenvalue weighted by atomic mass is 9.76. The van der Waals surface area contributed by atoms with Crippen molar-refractivity contribution in [2.75, 3.05) is 0 Å². The zero-order valence-corrected chi connectivity index (χ0v) is 7.69. The van der Waals surface area contributed by atoms with Gasteiger partial charge >= 0.3 is 0 Å². The van der Waals surface area contributed by atoms with Crippen molar-refractivity contribution in [1.29, 1.82) is 0 Å². The van der Waals surface area contributed by atoms with Crippen LogP contribution in [0.15, 0.2) is 12.3 Å². The lowest BCUT2D eigenvalue weighted by Crippen LogP contribution is -2.41. The first-order chi connectivity index (χ1) is 6.96. The Bertz CT molecular complexity index is 347. The molecular weight excluding hydrogens is 150 g/mol. The Hall–Kier alpha value is -0.790. The van der Waals surface area contributed by atoms with Crippen molar-refractivity contribution >= 4 is 5.91 Å². The third-order valence-corrected chi connectivity index (χ3v) is 1.64. The Labute approximate surface area is 79.7 Å². The molecule has 0 radical (unpaired) electrons. The summed E-state index contributed by atoms with van der Waals surface area (Å²) in [5, 5.41) is 2.33. The van der Waals surface area contributed by atoms with E-state index in [2.05, 4.69) is 11.9 Å². The van der Waals surface area contributed by atoms with E-state index in [1.54, 1.807) is 20.8 Å². The normalized spacial score (nSPS) is 46.8. The fourth-order valence-electron chi connectivity index (χ4n) is 1.03. The molecule has 1 N–H and O–H groups in total. The van der Waals surface area contributed by atoms with Crippen LogP contribution in [0.5, 0.6) is 0 Å². The van der Waals surface area contributed by atoms with Gasteiger partial charge in [-0.15, -0.1) is 0 Å². The van der Waals surface area contributed by atoms with Crippen LogP contribution >= 0.6 is 0 Å². The molecule has 1 aliphatic heterocycles. The van der Waals surface area contributed by atoms with Crippen LogP contribution in [0.2, 0.25) is 0 Å². The zero-order valence-electron chi connectivity index (χ0n) is 11.7. The molecular formula is C10H17NO. The predicted molar refractivity (Wildman–Crippen MR) is 49.5 cm³/mol. The Morgan fingerprint density at radius 1 is 1.75 bits per heavy atom. The van der Waals surface area contributed by atoms with E-state index in [9.17, 15) is 4.79 Å². The van der Waals surface area contributed by atoms with Gasteiger partial charge in [0.1, 0.15) is 0 Å². The summed E-state index contributed by atoms with van der Waals surface area (Å²) in [7, 11) is 0. The molecule has 2 atom stereocenters. The van der Waals surface area contributed by atoms with Crippen LogP contribution in [0.25, 0.3) is 0 Å². The monoisotopic (exact) mass is 171 g/mol. The molecule has 2 heteroatoms. The Morgan fingerprint density at radius 2 is 2.33 bits per heavy atom. The van der Waals surface area contributed by atoms with Crippen molar-refractivity contribution in [2.45, 2.75) is 33.5 Å². The molecule has 1 aliphatic rings. The molecule has 12 heavy (non-hydrogen) atoms. The highest BCUT2D eigenvalue weighted by Gasteiger charge is 2.33. The van der Waals surface area contributed by atoms with Gasteiger partial charge in [0.05, 0.1) is 0 Å². The van der Waals surface area contributed by atoms with Gasteiger partial charge < -0.3 is 5.32 Å². The quantitative estimate of drug-likeness (QED) is 0.594. The number of hydrogen-bond donors (Lipinski definition) is 1. The standard InChI is InChI=1S/C10H17NO/c1-7-5-6-8(9(12)11-7)10(2,3)4/h8H,1,5-6H2,2-4H3,(H,11,12)/i5D,6D2,8D. The maximum atomic E-state index is 11.9. The summed E-state index contributed by atoms with van der Waals surface area (Å²) < 4.78 is 31.6. The Kier molecular flexibility index (Phi) is 1.23. The average molecular weight is 171 g/mol. The minimum absolute atomic E-state index is 0.0159. The topological polar surface area (TPSA) is 29.1 Å². The van der Waals surface area contributed by atoms with Crippen molar-refractivity contribution in [1.82, 2.24) is 5.32 Å². The predicted octanol–water partition coefficient (Wildman–Crippen LogP) is 2.07. The molecule has 0 spiro atoms. The molecule has 1 rings (SSSR count). The van der Waals surface area contributed by atoms with Gasteiger partial charge in [0.25, 0.3) is 0 Å². The molecule has 2 nitrogen and oxygen atoms in total. The van der Waals surface area contributed by atoms with E-state index in [-0.39, 0.29) is 5.70 Å². The van der Waals surface area contributed by atoms with Crippen molar-refractivity contribution in [2.24, 2.45) is 11.3 Å². The first kappa shape index (κ1) is 5.05. The highest BCUT2D eigenvalue weighted by Crippen LogP contribution is 2.33. The molecule has 0 bridgehead atoms. The second-order valence-electron chi connectivity index (χ2n) is 3.89. The van der Waals surface area contributed by atoms with Crippen LogP contribution in [0.4, 0.5) is 0 Å². The third kappa shape index (κ3) is 1.87. The fraction of sp³-hybridized carbons (Fsp3) is 0.700. The van der Waals surface area contributed by atoms with E-state index >= 15 is 0 Å². The first-order valence-corrected chi connectivity index (χ1v) is 3.89. The van der Waals surface area contributed by atoms with Crippen LogP contribution in [0.1, 0.15) is 39.0 Å². The van der Waals surface area contributed by atoms with Gasteiger partial charge in [-0.05, 0) is 18.2 Å². The van der Waals surface area contributed by atoms with Crippen LogP contribution in [-0.4, -0.2) is 5.91 Å². The van der Waals surface area contributed by atoms with E-state index in [4.69, 9.17) is 5.48 Å². The van der Waals surface area contributed by atoms with Gasteiger partial charge in [-0.1, -0.05) is 27.4 Å². The number of nitrogens with one attached hydrogen (secondary N) is 1. The first-order valence-electron chi connectivity index (χ1n) is 5.96. The van der Waals surface area contributed by atoms with E-state index in [1.165, 1.54) is 0 Å². The van der Waals surface area contributed by atoms with Crippen molar-refractivity contribution < 1.29 is 10.3 Å². The van der Waals surface area contributed by atoms with Gasteiger partial charge in [0.15, 0.2) is 0 Å². The second kappa shape index (κ2) is 2.92. The van der Waals surface area contributed by atoms with E-state index in [0.29, 0.717) is 0 Å². The van der Waals surface area contributed by atoms with Gasteiger partial charge in [0.2, 0.25) is 5.91 Å². The van der Waals surface area contributed by atoms with Gasteiger partial charge in [-0.3, -0.25) is 4.79 Å². The van der Waals surface area contributed by atoms with Crippen LogP contribution in [0.3, 0.4) is 0 Å². The van der Waals surface area contributed by atoms with E-state index in [1.807, 2.05) is 0 Å².